The van der Waals surface area contributed by atoms with E-state index in [9.17, 15) is 18.5 Å². The molecule has 0 radical (unpaired) electrons. The molecule has 2 aromatic carbocycles. The summed E-state index contributed by atoms with van der Waals surface area (Å²) in [5.41, 5.74) is 1.43. The number of nitrogens with one attached hydrogen (secondary N) is 2. The molecular weight excluding hydrogens is 464 g/mol. The number of carbonyl (C=O) groups is 1. The molecule has 0 aromatic heterocycles. The van der Waals surface area contributed by atoms with Crippen molar-refractivity contribution in [2.45, 2.75) is 62.1 Å². The minimum Gasteiger partial charge on any atom is -0.374 e. The molecule has 184 valence electrons. The molecule has 2 N–H and O–H groups in total. The van der Waals surface area contributed by atoms with Crippen LogP contribution in [0.25, 0.3) is 0 Å². The van der Waals surface area contributed by atoms with Crippen LogP contribution in [0.3, 0.4) is 0 Å². The maximum absolute atomic E-state index is 13.3. The van der Waals surface area contributed by atoms with Gasteiger partial charge in [-0.1, -0.05) is 74.6 Å². The monoisotopic (exact) mass is 494 g/mol. The molecule has 0 saturated heterocycles. The third-order valence-corrected chi connectivity index (χ3v) is 7.80. The average molecular weight is 495 g/mol. The van der Waals surface area contributed by atoms with E-state index in [1.54, 1.807) is 18.2 Å². The summed E-state index contributed by atoms with van der Waals surface area (Å²) in [6.45, 7) is 0.376. The van der Waals surface area contributed by atoms with Gasteiger partial charge in [-0.3, -0.25) is 14.5 Å². The van der Waals surface area contributed by atoms with E-state index >= 15 is 0 Å². The van der Waals surface area contributed by atoms with Crippen molar-refractivity contribution < 1.29 is 17.9 Å². The third-order valence-electron chi connectivity index (χ3n) is 6.40. The number of aliphatic imine (C=N–C) groups is 1. The Hall–Kier alpha value is -3.22. The fraction of sp³-hybridized carbons (Fsp3) is 0.423. The van der Waals surface area contributed by atoms with Crippen LogP contribution in [0, 0.1) is 17.2 Å². The summed E-state index contributed by atoms with van der Waals surface area (Å²) in [6.07, 6.45) is 5.93. The number of hydrogen-bond donors (Lipinski definition) is 2. The van der Waals surface area contributed by atoms with Crippen LogP contribution in [0.15, 0.2) is 64.5 Å². The summed E-state index contributed by atoms with van der Waals surface area (Å²) in [4.78, 5) is 18.0. The van der Waals surface area contributed by atoms with Gasteiger partial charge in [-0.25, -0.2) is 8.42 Å². The smallest absolute Gasteiger partial charge is 0.263 e. The Morgan fingerprint density at radius 2 is 1.83 bits per heavy atom. The predicted octanol–water partition coefficient (Wildman–Crippen LogP) is 3.29. The van der Waals surface area contributed by atoms with E-state index in [0.29, 0.717) is 24.5 Å². The standard InChI is InChI=1S/C26H30N4O4S/c27-16-21(18-34-17-20-11-5-2-6-12-20)28-26(31)23(15-19-9-3-1-4-10-19)29-25-22-13-7-8-14-24(22)35(32,33)30-25/h2,5-8,11-14,19,21,23H,1,3-4,9-10,15,17-18H2,(H,28,31)(H,29,30)/t21-,23+/m1/s1. The van der Waals surface area contributed by atoms with Gasteiger partial charge in [0.1, 0.15) is 17.9 Å². The highest BCUT2D eigenvalue weighted by Gasteiger charge is 2.33. The van der Waals surface area contributed by atoms with Crippen molar-refractivity contribution in [1.82, 2.24) is 10.0 Å². The second-order valence-electron chi connectivity index (χ2n) is 9.03. The number of sulfonamides is 1. The summed E-state index contributed by atoms with van der Waals surface area (Å²) in [6, 6.07) is 16.6. The van der Waals surface area contributed by atoms with E-state index in [4.69, 9.17) is 4.74 Å². The Morgan fingerprint density at radius 1 is 1.11 bits per heavy atom. The van der Waals surface area contributed by atoms with Gasteiger partial charge in [0.25, 0.3) is 10.0 Å². The van der Waals surface area contributed by atoms with Gasteiger partial charge in [0, 0.05) is 5.56 Å². The highest BCUT2D eigenvalue weighted by molar-refractivity contribution is 7.90. The van der Waals surface area contributed by atoms with Crippen molar-refractivity contribution in [3.8, 4) is 6.07 Å². The van der Waals surface area contributed by atoms with Gasteiger partial charge in [0.15, 0.2) is 0 Å². The van der Waals surface area contributed by atoms with Crippen LogP contribution in [0.4, 0.5) is 0 Å². The molecule has 1 aliphatic carbocycles. The number of amides is 1. The first-order chi connectivity index (χ1) is 17.0. The highest BCUT2D eigenvalue weighted by atomic mass is 32.2. The van der Waals surface area contributed by atoms with Crippen molar-refractivity contribution in [3.63, 3.8) is 0 Å². The zero-order valence-electron chi connectivity index (χ0n) is 19.5. The summed E-state index contributed by atoms with van der Waals surface area (Å²) in [5, 5.41) is 12.3. The van der Waals surface area contributed by atoms with Crippen LogP contribution in [-0.2, 0) is 26.2 Å². The first-order valence-electron chi connectivity index (χ1n) is 12.0. The maximum atomic E-state index is 13.3. The van der Waals surface area contributed by atoms with Gasteiger partial charge >= 0.3 is 0 Å². The lowest BCUT2D eigenvalue weighted by molar-refractivity contribution is -0.123. The molecule has 1 fully saturated rings. The van der Waals surface area contributed by atoms with E-state index in [-0.39, 0.29) is 17.3 Å². The van der Waals surface area contributed by atoms with Crippen molar-refractivity contribution in [2.24, 2.45) is 10.9 Å². The molecule has 0 spiro atoms. The van der Waals surface area contributed by atoms with Gasteiger partial charge in [-0.15, -0.1) is 0 Å². The lowest BCUT2D eigenvalue weighted by Crippen LogP contribution is -2.43. The maximum Gasteiger partial charge on any atom is 0.263 e. The second kappa shape index (κ2) is 11.5. The molecule has 0 bridgehead atoms. The summed E-state index contributed by atoms with van der Waals surface area (Å²) in [5.74, 6) is 0.0962. The Morgan fingerprint density at radius 3 is 2.57 bits per heavy atom. The van der Waals surface area contributed by atoms with E-state index in [1.807, 2.05) is 30.3 Å². The largest absolute Gasteiger partial charge is 0.374 e. The first kappa shape index (κ1) is 24.9. The van der Waals surface area contributed by atoms with Gasteiger partial charge in [-0.05, 0) is 30.0 Å². The third kappa shape index (κ3) is 6.47. The van der Waals surface area contributed by atoms with Crippen molar-refractivity contribution in [1.29, 1.82) is 5.26 Å². The summed E-state index contributed by atoms with van der Waals surface area (Å²) < 4.78 is 33.2. The predicted molar refractivity (Wildman–Crippen MR) is 132 cm³/mol. The Bertz CT molecular complexity index is 1200. The Kier molecular flexibility index (Phi) is 8.16. The Balaban J connectivity index is 1.48. The van der Waals surface area contributed by atoms with Crippen LogP contribution in [0.5, 0.6) is 0 Å². The minimum atomic E-state index is -3.71. The molecule has 1 aliphatic heterocycles. The zero-order chi connectivity index (χ0) is 24.7. The van der Waals surface area contributed by atoms with E-state index in [2.05, 4.69) is 21.1 Å². The minimum absolute atomic E-state index is 0.0410. The van der Waals surface area contributed by atoms with Gasteiger partial charge in [-0.2, -0.15) is 5.26 Å². The molecule has 2 aliphatic rings. The zero-order valence-corrected chi connectivity index (χ0v) is 20.3. The number of benzene rings is 2. The fourth-order valence-corrected chi connectivity index (χ4v) is 5.83. The first-order valence-corrected chi connectivity index (χ1v) is 13.5. The number of fused-ring (bicyclic) bond motifs is 1. The summed E-state index contributed by atoms with van der Waals surface area (Å²) >= 11 is 0. The summed E-state index contributed by atoms with van der Waals surface area (Å²) in [7, 11) is -3.71. The number of nitriles is 1. The van der Waals surface area contributed by atoms with E-state index in [1.165, 1.54) is 12.5 Å². The van der Waals surface area contributed by atoms with Gasteiger partial charge in [0.2, 0.25) is 5.91 Å². The molecule has 1 saturated carbocycles. The van der Waals surface area contributed by atoms with E-state index < -0.39 is 28.0 Å². The number of rotatable bonds is 9. The Labute approximate surface area is 206 Å². The lowest BCUT2D eigenvalue weighted by Gasteiger charge is -2.25. The van der Waals surface area contributed by atoms with Crippen molar-refractivity contribution in [2.75, 3.05) is 6.61 Å². The molecule has 2 atom stereocenters. The van der Waals surface area contributed by atoms with Crippen molar-refractivity contribution >= 4 is 21.8 Å². The number of ether oxygens (including phenoxy) is 1. The quantitative estimate of drug-likeness (QED) is 0.554. The second-order valence-corrected chi connectivity index (χ2v) is 10.7. The highest BCUT2D eigenvalue weighted by Crippen LogP contribution is 2.29. The molecule has 0 unspecified atom stereocenters. The molecule has 4 rings (SSSR count). The molecule has 8 nitrogen and oxygen atoms in total. The van der Waals surface area contributed by atoms with Crippen LogP contribution >= 0.6 is 0 Å². The number of carbonyl (C=O) groups excluding carboxylic acids is 1. The van der Waals surface area contributed by atoms with Crippen LogP contribution in [0.1, 0.15) is 49.7 Å². The van der Waals surface area contributed by atoms with Gasteiger partial charge in [0.05, 0.1) is 24.2 Å². The molecule has 1 heterocycles. The van der Waals surface area contributed by atoms with Crippen molar-refractivity contribution in [3.05, 3.63) is 65.7 Å². The molecule has 2 aromatic rings. The number of amidine groups is 1. The molecular formula is C26H30N4O4S. The SMILES string of the molecule is N#C[C@H](COCc1ccccc1)NC(=O)[C@H](CC1CCCCC1)N=C1NS(=O)(=O)c2ccccc21. The number of hydrogen-bond acceptors (Lipinski definition) is 6. The fourth-order valence-electron chi connectivity index (χ4n) is 4.59. The number of nitrogens with zero attached hydrogens (tertiary/aromatic N) is 2. The normalized spacial score (nSPS) is 19.8. The topological polar surface area (TPSA) is 121 Å². The molecule has 1 amide bonds. The van der Waals surface area contributed by atoms with E-state index in [0.717, 1.165) is 31.2 Å². The molecule has 9 heteroatoms. The lowest BCUT2D eigenvalue weighted by atomic mass is 9.84. The van der Waals surface area contributed by atoms with Crippen LogP contribution in [0.2, 0.25) is 0 Å². The van der Waals surface area contributed by atoms with Gasteiger partial charge < -0.3 is 10.1 Å². The molecule has 35 heavy (non-hydrogen) atoms. The van der Waals surface area contributed by atoms with Crippen LogP contribution in [-0.4, -0.2) is 38.9 Å². The average Bonchev–Trinajstić information content (AvgIpc) is 3.14. The van der Waals surface area contributed by atoms with Crippen LogP contribution < -0.4 is 10.0 Å².